The van der Waals surface area contributed by atoms with Crippen molar-refractivity contribution < 1.29 is 9.53 Å². The van der Waals surface area contributed by atoms with Gasteiger partial charge in [0, 0.05) is 6.42 Å². The van der Waals surface area contributed by atoms with E-state index in [2.05, 4.69) is 23.5 Å². The summed E-state index contributed by atoms with van der Waals surface area (Å²) in [6.07, 6.45) is 12.5. The Balaban J connectivity index is 3.34. The van der Waals surface area contributed by atoms with E-state index in [1.807, 2.05) is 0 Å². The molecule has 0 amide bonds. The van der Waals surface area contributed by atoms with Gasteiger partial charge in [-0.25, -0.2) is 0 Å². The van der Waals surface area contributed by atoms with Crippen LogP contribution in [-0.4, -0.2) is 13.1 Å². The predicted molar refractivity (Wildman–Crippen MR) is 71.5 cm³/mol. The van der Waals surface area contributed by atoms with Gasteiger partial charge >= 0.3 is 5.97 Å². The minimum Gasteiger partial charge on any atom is -0.469 e. The number of methoxy groups -OCH3 is 1. The minimum absolute atomic E-state index is 0.223. The Bertz CT molecular complexity index is 268. The third-order valence-electron chi connectivity index (χ3n) is 2.47. The van der Waals surface area contributed by atoms with E-state index in [4.69, 9.17) is 0 Å². The van der Waals surface area contributed by atoms with E-state index in [1.165, 1.54) is 45.6 Å². The Hall–Kier alpha value is -1.23. The molecule has 0 aliphatic rings. The molecule has 0 bridgehead atoms. The Morgan fingerprint density at radius 2 is 1.88 bits per heavy atom. The zero-order valence-corrected chi connectivity index (χ0v) is 11.1. The molecule has 0 saturated carbocycles. The number of ether oxygens (including phenoxy) is 1. The van der Waals surface area contributed by atoms with Crippen LogP contribution in [0.2, 0.25) is 0 Å². The van der Waals surface area contributed by atoms with E-state index in [0.29, 0.717) is 6.42 Å². The SMILES string of the molecule is CCCCCCCCC#CC=CCC(=O)OC. The number of allylic oxidation sites excluding steroid dienone is 1. The van der Waals surface area contributed by atoms with Gasteiger partial charge < -0.3 is 4.74 Å². The lowest BCUT2D eigenvalue weighted by Crippen LogP contribution is -1.96. The highest BCUT2D eigenvalue weighted by atomic mass is 16.5. The van der Waals surface area contributed by atoms with Gasteiger partial charge in [-0.2, -0.15) is 0 Å². The van der Waals surface area contributed by atoms with Crippen molar-refractivity contribution in [3.05, 3.63) is 12.2 Å². The summed E-state index contributed by atoms with van der Waals surface area (Å²) in [5.41, 5.74) is 0. The molecule has 0 heterocycles. The van der Waals surface area contributed by atoms with Crippen molar-refractivity contribution in [3.8, 4) is 11.8 Å². The molecule has 0 unspecified atom stereocenters. The Morgan fingerprint density at radius 1 is 1.18 bits per heavy atom. The molecular weight excluding hydrogens is 212 g/mol. The zero-order chi connectivity index (χ0) is 12.8. The fourth-order valence-electron chi connectivity index (χ4n) is 1.42. The fourth-order valence-corrected chi connectivity index (χ4v) is 1.42. The molecule has 96 valence electrons. The first-order chi connectivity index (χ1) is 8.31. The largest absolute Gasteiger partial charge is 0.469 e. The van der Waals surface area contributed by atoms with Crippen molar-refractivity contribution in [3.63, 3.8) is 0 Å². The molecule has 0 aliphatic heterocycles. The van der Waals surface area contributed by atoms with E-state index in [9.17, 15) is 4.79 Å². The number of esters is 1. The maximum Gasteiger partial charge on any atom is 0.309 e. The van der Waals surface area contributed by atoms with E-state index < -0.39 is 0 Å². The van der Waals surface area contributed by atoms with Gasteiger partial charge in [0.2, 0.25) is 0 Å². The lowest BCUT2D eigenvalue weighted by molar-refractivity contribution is -0.139. The van der Waals surface area contributed by atoms with Gasteiger partial charge in [-0.05, 0) is 12.5 Å². The van der Waals surface area contributed by atoms with E-state index in [-0.39, 0.29) is 5.97 Å². The summed E-state index contributed by atoms with van der Waals surface area (Å²) in [6, 6.07) is 0. The number of unbranched alkanes of at least 4 members (excludes halogenated alkanes) is 6. The zero-order valence-electron chi connectivity index (χ0n) is 11.1. The predicted octanol–water partition coefficient (Wildman–Crippen LogP) is 3.86. The van der Waals surface area contributed by atoms with Crippen molar-refractivity contribution in [1.29, 1.82) is 0 Å². The molecule has 2 heteroatoms. The van der Waals surface area contributed by atoms with Crippen molar-refractivity contribution in [2.75, 3.05) is 7.11 Å². The van der Waals surface area contributed by atoms with Crippen LogP contribution in [0.25, 0.3) is 0 Å². The van der Waals surface area contributed by atoms with Crippen molar-refractivity contribution >= 4 is 5.97 Å². The molecule has 0 spiro atoms. The fraction of sp³-hybridized carbons (Fsp3) is 0.667. The number of carbonyl (C=O) groups is 1. The summed E-state index contributed by atoms with van der Waals surface area (Å²) in [4.78, 5) is 10.8. The summed E-state index contributed by atoms with van der Waals surface area (Å²) in [5.74, 6) is 5.78. The third-order valence-corrected chi connectivity index (χ3v) is 2.47. The van der Waals surface area contributed by atoms with Crippen molar-refractivity contribution in [1.82, 2.24) is 0 Å². The average molecular weight is 236 g/mol. The quantitative estimate of drug-likeness (QED) is 0.363. The first kappa shape index (κ1) is 15.8. The van der Waals surface area contributed by atoms with Crippen LogP contribution in [0.4, 0.5) is 0 Å². The molecule has 17 heavy (non-hydrogen) atoms. The molecule has 0 radical (unpaired) electrons. The maximum atomic E-state index is 10.8. The first-order valence-corrected chi connectivity index (χ1v) is 6.51. The van der Waals surface area contributed by atoms with Crippen molar-refractivity contribution in [2.24, 2.45) is 0 Å². The molecule has 0 aromatic heterocycles. The van der Waals surface area contributed by atoms with E-state index >= 15 is 0 Å². The highest BCUT2D eigenvalue weighted by Gasteiger charge is 1.92. The summed E-state index contributed by atoms with van der Waals surface area (Å²) in [7, 11) is 1.39. The van der Waals surface area contributed by atoms with Gasteiger partial charge in [-0.15, -0.1) is 0 Å². The first-order valence-electron chi connectivity index (χ1n) is 6.51. The third kappa shape index (κ3) is 12.7. The monoisotopic (exact) mass is 236 g/mol. The van der Waals surface area contributed by atoms with Crippen LogP contribution in [0, 0.1) is 11.8 Å². The lowest BCUT2D eigenvalue weighted by atomic mass is 10.1. The van der Waals surface area contributed by atoms with Gasteiger partial charge in [0.05, 0.1) is 13.5 Å². The number of carbonyl (C=O) groups excluding carboxylic acids is 1. The number of hydrogen-bond donors (Lipinski definition) is 0. The topological polar surface area (TPSA) is 26.3 Å². The van der Waals surface area contributed by atoms with Crippen LogP contribution in [0.1, 0.15) is 58.3 Å². The van der Waals surface area contributed by atoms with Gasteiger partial charge in [-0.1, -0.05) is 56.9 Å². The second-order valence-corrected chi connectivity index (χ2v) is 4.02. The Labute approximate surface area is 105 Å². The summed E-state index contributed by atoms with van der Waals surface area (Å²) in [5, 5.41) is 0. The average Bonchev–Trinajstić information content (AvgIpc) is 2.35. The highest BCUT2D eigenvalue weighted by molar-refractivity contribution is 5.70. The number of hydrogen-bond acceptors (Lipinski definition) is 2. The smallest absolute Gasteiger partial charge is 0.309 e. The molecular formula is C15H24O2. The lowest BCUT2D eigenvalue weighted by Gasteiger charge is -1.96. The second-order valence-electron chi connectivity index (χ2n) is 4.02. The molecule has 0 fully saturated rings. The van der Waals surface area contributed by atoms with Gasteiger partial charge in [0.25, 0.3) is 0 Å². The summed E-state index contributed by atoms with van der Waals surface area (Å²) >= 11 is 0. The molecule has 2 nitrogen and oxygen atoms in total. The van der Waals surface area contributed by atoms with Crippen LogP contribution in [-0.2, 0) is 9.53 Å². The molecule has 0 aliphatic carbocycles. The summed E-state index contributed by atoms with van der Waals surface area (Å²) in [6.45, 7) is 2.23. The highest BCUT2D eigenvalue weighted by Crippen LogP contribution is 2.05. The summed E-state index contributed by atoms with van der Waals surface area (Å²) < 4.78 is 4.50. The van der Waals surface area contributed by atoms with Crippen LogP contribution in [0.3, 0.4) is 0 Å². The molecule has 0 atom stereocenters. The van der Waals surface area contributed by atoms with Gasteiger partial charge in [0.15, 0.2) is 0 Å². The van der Waals surface area contributed by atoms with Crippen LogP contribution in [0.15, 0.2) is 12.2 Å². The van der Waals surface area contributed by atoms with Crippen LogP contribution < -0.4 is 0 Å². The van der Waals surface area contributed by atoms with Crippen LogP contribution in [0.5, 0.6) is 0 Å². The minimum atomic E-state index is -0.223. The Kier molecular flexibility index (Phi) is 11.9. The van der Waals surface area contributed by atoms with Crippen LogP contribution >= 0.6 is 0 Å². The maximum absolute atomic E-state index is 10.8. The normalized spacial score (nSPS) is 10.0. The second kappa shape index (κ2) is 12.8. The van der Waals surface area contributed by atoms with E-state index in [0.717, 1.165) is 6.42 Å². The molecule has 0 aromatic rings. The number of rotatable bonds is 8. The van der Waals surface area contributed by atoms with Gasteiger partial charge in [-0.3, -0.25) is 4.79 Å². The Morgan fingerprint density at radius 3 is 2.59 bits per heavy atom. The molecule has 0 aromatic carbocycles. The standard InChI is InChI=1S/C15H24O2/c1-3-4-5-6-7-8-9-10-11-12-13-14-15(16)17-2/h12-13H,3-9,14H2,1-2H3. The van der Waals surface area contributed by atoms with Crippen molar-refractivity contribution in [2.45, 2.75) is 58.3 Å². The molecule has 0 N–H and O–H groups in total. The molecule has 0 rings (SSSR count). The van der Waals surface area contributed by atoms with Gasteiger partial charge in [0.1, 0.15) is 0 Å². The molecule has 0 saturated heterocycles. The van der Waals surface area contributed by atoms with E-state index in [1.54, 1.807) is 12.2 Å².